The highest BCUT2D eigenvalue weighted by molar-refractivity contribution is 8.76. The first-order valence-electron chi connectivity index (χ1n) is 15.2. The zero-order valence-electron chi connectivity index (χ0n) is 25.8. The Morgan fingerprint density at radius 3 is 2.72 bits per heavy atom. The quantitative estimate of drug-likeness (QED) is 0.0744. The number of hydrogen-bond donors (Lipinski definition) is 4. The molecular formula is C25H42BN4O13PS2. The smallest absolute Gasteiger partial charge is 0.394 e. The number of carbonyl (C=O) groups is 1. The molecule has 12 atom stereocenters. The highest BCUT2D eigenvalue weighted by atomic mass is 33.1. The van der Waals surface area contributed by atoms with Crippen molar-refractivity contribution in [3.05, 3.63) is 11.9 Å². The van der Waals surface area contributed by atoms with Gasteiger partial charge in [-0.1, -0.05) is 33.7 Å². The van der Waals surface area contributed by atoms with E-state index in [4.69, 9.17) is 37.3 Å². The Bertz CT molecular complexity index is 1190. The lowest BCUT2D eigenvalue weighted by molar-refractivity contribution is -0.272. The first-order valence-corrected chi connectivity index (χ1v) is 19.1. The molecule has 21 heteroatoms. The predicted octanol–water partition coefficient (Wildman–Crippen LogP) is -1.56. The number of aliphatic hydroxyl groups is 3. The topological polar surface area (TPSA) is 211 Å². The van der Waals surface area contributed by atoms with Gasteiger partial charge in [-0.3, -0.25) is 18.4 Å². The fourth-order valence-electron chi connectivity index (χ4n) is 5.45. The molecule has 4 N–H and O–H groups in total. The molecule has 4 fully saturated rings. The standard InChI is InChI=1S/C25H42BN4O13PS2/c1-13-23-17(40-24(13)26)10-39-44(35,43-23)42-19-12-46-45-11-18(19)38-9-15-7-30(29-28-15)3-4-36-5-6-37-25-20(27-14(2)32)22(34)21(33)16(8-31)41-25/h7,13,16-25,31,33-34H,3-6,8-12,26H2,1-2H3,(H,27,32)/t13?,16?,17?,18-,19-,20?,21+,22?,23+,24?,25+,44?/m1/s1. The molecule has 0 spiro atoms. The Hall–Kier alpha value is -0.835. The van der Waals surface area contributed by atoms with E-state index in [0.29, 0.717) is 30.4 Å². The van der Waals surface area contributed by atoms with Crippen molar-refractivity contribution in [2.45, 2.75) is 88.1 Å². The van der Waals surface area contributed by atoms with Gasteiger partial charge in [-0.25, -0.2) is 9.25 Å². The molecule has 0 aliphatic carbocycles. The monoisotopic (exact) mass is 712 g/mol. The Morgan fingerprint density at radius 2 is 1.96 bits per heavy atom. The number of nitrogens with one attached hydrogen (secondary N) is 1. The van der Waals surface area contributed by atoms with Gasteiger partial charge in [0.2, 0.25) is 5.91 Å². The predicted molar refractivity (Wildman–Crippen MR) is 165 cm³/mol. The SMILES string of the molecule is BC1OC2COP(=O)(O[C@@H]3CSSC[C@H]3OCc3cn(CCOCCO[C@H]4OC(CO)[C@H](O)C(O)C4NC(C)=O)nn3)O[C@H]2C1C. The highest BCUT2D eigenvalue weighted by Gasteiger charge is 2.51. The van der Waals surface area contributed by atoms with Crippen molar-refractivity contribution in [2.24, 2.45) is 5.92 Å². The number of aliphatic hydroxyl groups excluding tert-OH is 3. The van der Waals surface area contributed by atoms with Crippen LogP contribution in [0.25, 0.3) is 0 Å². The van der Waals surface area contributed by atoms with Gasteiger partial charge < -0.3 is 44.3 Å². The van der Waals surface area contributed by atoms with E-state index in [9.17, 15) is 24.7 Å². The normalized spacial score (nSPS) is 39.6. The lowest BCUT2D eigenvalue weighted by Gasteiger charge is -2.42. The van der Waals surface area contributed by atoms with Crippen LogP contribution in [0.1, 0.15) is 19.5 Å². The number of amides is 1. The van der Waals surface area contributed by atoms with Gasteiger partial charge in [0.05, 0.1) is 58.5 Å². The first-order chi connectivity index (χ1) is 22.1. The number of nitrogens with zero attached hydrogens (tertiary/aromatic N) is 3. The molecule has 46 heavy (non-hydrogen) atoms. The van der Waals surface area contributed by atoms with Crippen molar-refractivity contribution in [3.8, 4) is 0 Å². The van der Waals surface area contributed by atoms with Gasteiger partial charge >= 0.3 is 7.82 Å². The van der Waals surface area contributed by atoms with Crippen molar-refractivity contribution >= 4 is 43.2 Å². The Labute approximate surface area is 275 Å². The van der Waals surface area contributed by atoms with Crippen LogP contribution in [0.15, 0.2) is 6.20 Å². The van der Waals surface area contributed by atoms with Crippen LogP contribution in [0.5, 0.6) is 0 Å². The van der Waals surface area contributed by atoms with Crippen LogP contribution in [0.4, 0.5) is 0 Å². The molecule has 0 radical (unpaired) electrons. The summed E-state index contributed by atoms with van der Waals surface area (Å²) in [4.78, 5) is 11.5. The number of phosphoric ester groups is 1. The van der Waals surface area contributed by atoms with Crippen LogP contribution in [0, 0.1) is 5.92 Å². The number of phosphoric acid groups is 1. The number of ether oxygens (including phenoxy) is 5. The number of fused-ring (bicyclic) bond motifs is 1. The summed E-state index contributed by atoms with van der Waals surface area (Å²) in [5.41, 5.74) is 0.605. The fraction of sp³-hybridized carbons (Fsp3) is 0.880. The molecule has 17 nitrogen and oxygen atoms in total. The first kappa shape index (κ1) is 36.4. The molecule has 0 bridgehead atoms. The zero-order chi connectivity index (χ0) is 32.8. The molecule has 0 saturated carbocycles. The third-order valence-corrected chi connectivity index (χ3v) is 12.1. The maximum absolute atomic E-state index is 13.4. The minimum atomic E-state index is -3.78. The van der Waals surface area contributed by atoms with Crippen molar-refractivity contribution < 1.29 is 61.9 Å². The maximum atomic E-state index is 13.4. The second-order valence-electron chi connectivity index (χ2n) is 11.5. The van der Waals surface area contributed by atoms with E-state index in [0.717, 1.165) is 0 Å². The summed E-state index contributed by atoms with van der Waals surface area (Å²) >= 11 is 0. The molecule has 4 aliphatic rings. The van der Waals surface area contributed by atoms with Crippen molar-refractivity contribution in [1.29, 1.82) is 0 Å². The van der Waals surface area contributed by atoms with Crippen LogP contribution in [0.3, 0.4) is 0 Å². The Balaban J connectivity index is 1.02. The van der Waals surface area contributed by atoms with Crippen LogP contribution < -0.4 is 5.32 Å². The van der Waals surface area contributed by atoms with Crippen molar-refractivity contribution in [2.75, 3.05) is 44.5 Å². The molecule has 4 saturated heterocycles. The minimum absolute atomic E-state index is 0.0165. The van der Waals surface area contributed by atoms with Crippen LogP contribution in [-0.2, 0) is 59.8 Å². The van der Waals surface area contributed by atoms with Gasteiger partial charge in [0.1, 0.15) is 56.2 Å². The number of carbonyl (C=O) groups excluding carboxylic acids is 1. The number of aromatic nitrogens is 3. The maximum Gasteiger partial charge on any atom is 0.475 e. The van der Waals surface area contributed by atoms with E-state index >= 15 is 0 Å². The summed E-state index contributed by atoms with van der Waals surface area (Å²) in [7, 11) is 1.44. The van der Waals surface area contributed by atoms with E-state index in [1.165, 1.54) is 6.92 Å². The van der Waals surface area contributed by atoms with Gasteiger partial charge in [-0.2, -0.15) is 0 Å². The third-order valence-electron chi connectivity index (χ3n) is 8.15. The molecule has 5 rings (SSSR count). The molecule has 7 unspecified atom stereocenters. The molecule has 4 aliphatic heterocycles. The summed E-state index contributed by atoms with van der Waals surface area (Å²) in [5.74, 6) is 0.820. The van der Waals surface area contributed by atoms with E-state index in [2.05, 4.69) is 15.6 Å². The van der Waals surface area contributed by atoms with E-state index < -0.39 is 57.1 Å². The average molecular weight is 713 g/mol. The highest BCUT2D eigenvalue weighted by Crippen LogP contribution is 2.58. The third kappa shape index (κ3) is 9.23. The molecule has 1 aromatic heterocycles. The zero-order valence-corrected chi connectivity index (χ0v) is 28.3. The lowest BCUT2D eigenvalue weighted by atomic mass is 9.86. The fourth-order valence-corrected chi connectivity index (χ4v) is 9.65. The lowest BCUT2D eigenvalue weighted by Crippen LogP contribution is -2.64. The van der Waals surface area contributed by atoms with E-state index in [1.807, 2.05) is 14.8 Å². The number of hydrogen-bond acceptors (Lipinski definition) is 17. The molecule has 1 aromatic rings. The van der Waals surface area contributed by atoms with Crippen molar-refractivity contribution in [1.82, 2.24) is 20.3 Å². The molecule has 0 aromatic carbocycles. The second kappa shape index (κ2) is 16.7. The average Bonchev–Trinajstić information content (AvgIpc) is 3.60. The Kier molecular flexibility index (Phi) is 13.2. The van der Waals surface area contributed by atoms with Gasteiger partial charge in [0, 0.05) is 30.4 Å². The summed E-state index contributed by atoms with van der Waals surface area (Å²) in [5, 5.41) is 40.6. The van der Waals surface area contributed by atoms with Crippen LogP contribution >= 0.6 is 29.4 Å². The summed E-state index contributed by atoms with van der Waals surface area (Å²) in [6.07, 6.45) is -4.62. The molecule has 5 heterocycles. The molecular weight excluding hydrogens is 670 g/mol. The van der Waals surface area contributed by atoms with Crippen LogP contribution in [-0.4, -0.2) is 150 Å². The summed E-state index contributed by atoms with van der Waals surface area (Å²) < 4.78 is 61.1. The summed E-state index contributed by atoms with van der Waals surface area (Å²) in [6, 6.07) is -1.03. The van der Waals surface area contributed by atoms with Gasteiger partial charge in [0.25, 0.3) is 0 Å². The number of rotatable bonds is 14. The van der Waals surface area contributed by atoms with E-state index in [1.54, 1.807) is 32.5 Å². The van der Waals surface area contributed by atoms with Gasteiger partial charge in [0.15, 0.2) is 6.29 Å². The minimum Gasteiger partial charge on any atom is -0.394 e. The van der Waals surface area contributed by atoms with Gasteiger partial charge in [-0.15, -0.1) is 5.10 Å². The molecule has 1 amide bonds. The Morgan fingerprint density at radius 1 is 1.17 bits per heavy atom. The van der Waals surface area contributed by atoms with Crippen molar-refractivity contribution in [3.63, 3.8) is 0 Å². The van der Waals surface area contributed by atoms with Crippen LogP contribution in [0.2, 0.25) is 0 Å². The largest absolute Gasteiger partial charge is 0.475 e. The molecule has 260 valence electrons. The summed E-state index contributed by atoms with van der Waals surface area (Å²) in [6.45, 7) is 4.01. The van der Waals surface area contributed by atoms with E-state index in [-0.39, 0.29) is 56.7 Å². The second-order valence-corrected chi connectivity index (χ2v) is 15.6. The van der Waals surface area contributed by atoms with Gasteiger partial charge in [-0.05, 0) is 0 Å².